The van der Waals surface area contributed by atoms with Crippen LogP contribution in [0.2, 0.25) is 0 Å². The third-order valence-electron chi connectivity index (χ3n) is 3.37. The molecule has 98 valence electrons. The summed E-state index contributed by atoms with van der Waals surface area (Å²) in [7, 11) is 0. The number of anilines is 2. The maximum atomic E-state index is 11.3. The first kappa shape index (κ1) is 13.5. The van der Waals surface area contributed by atoms with Crippen molar-refractivity contribution < 1.29 is 4.79 Å². The molecule has 0 unspecified atom stereocenters. The highest BCUT2D eigenvalue weighted by atomic mass is 127. The van der Waals surface area contributed by atoms with E-state index in [1.807, 2.05) is 18.2 Å². The summed E-state index contributed by atoms with van der Waals surface area (Å²) in [6, 6.07) is 6.21. The van der Waals surface area contributed by atoms with Gasteiger partial charge in [0.2, 0.25) is 5.91 Å². The molecule has 1 aliphatic carbocycles. The summed E-state index contributed by atoms with van der Waals surface area (Å²) < 4.78 is 1.07. The zero-order chi connectivity index (χ0) is 13.1. The van der Waals surface area contributed by atoms with Gasteiger partial charge in [-0.05, 0) is 53.6 Å². The molecular weight excluding hydrogens is 341 g/mol. The summed E-state index contributed by atoms with van der Waals surface area (Å²) in [5.41, 5.74) is 12.9. The third-order valence-corrected chi connectivity index (χ3v) is 4.24. The smallest absolute Gasteiger partial charge is 0.236 e. The monoisotopic (exact) mass is 359 g/mol. The van der Waals surface area contributed by atoms with Crippen LogP contribution >= 0.6 is 22.6 Å². The van der Waals surface area contributed by atoms with Crippen LogP contribution in [-0.4, -0.2) is 18.5 Å². The Morgan fingerprint density at radius 2 is 2.06 bits per heavy atom. The Bertz CT molecular complexity index is 444. The first-order chi connectivity index (χ1) is 8.58. The largest absolute Gasteiger partial charge is 0.399 e. The molecule has 0 spiro atoms. The standard InChI is InChI=1S/C13H18IN3O/c14-11-7-9(15)5-6-12(11)17(8-13(16)18)10-3-1-2-4-10/h5-7,10H,1-4,8,15H2,(H2,16,18). The van der Waals surface area contributed by atoms with E-state index in [0.29, 0.717) is 6.04 Å². The number of nitrogens with two attached hydrogens (primary N) is 2. The Balaban J connectivity index is 2.29. The predicted molar refractivity (Wildman–Crippen MR) is 82.4 cm³/mol. The van der Waals surface area contributed by atoms with Gasteiger partial charge < -0.3 is 16.4 Å². The van der Waals surface area contributed by atoms with Gasteiger partial charge in [-0.25, -0.2) is 0 Å². The molecule has 0 atom stereocenters. The number of nitrogen functional groups attached to an aromatic ring is 1. The minimum Gasteiger partial charge on any atom is -0.399 e. The quantitative estimate of drug-likeness (QED) is 0.639. The van der Waals surface area contributed by atoms with Gasteiger partial charge in [-0.3, -0.25) is 4.79 Å². The Hall–Kier alpha value is -0.980. The molecule has 5 heteroatoms. The lowest BCUT2D eigenvalue weighted by molar-refractivity contribution is -0.116. The first-order valence-electron chi connectivity index (χ1n) is 6.18. The number of nitrogens with zero attached hydrogens (tertiary/aromatic N) is 1. The molecule has 1 aromatic carbocycles. The fourth-order valence-corrected chi connectivity index (χ4v) is 3.40. The maximum absolute atomic E-state index is 11.3. The second-order valence-corrected chi connectivity index (χ2v) is 5.91. The van der Waals surface area contributed by atoms with E-state index in [-0.39, 0.29) is 12.5 Å². The minimum atomic E-state index is -0.283. The van der Waals surface area contributed by atoms with E-state index >= 15 is 0 Å². The van der Waals surface area contributed by atoms with Crippen molar-refractivity contribution in [1.29, 1.82) is 0 Å². The SMILES string of the molecule is NC(=O)CN(c1ccc(N)cc1I)C1CCCC1. The van der Waals surface area contributed by atoms with E-state index in [1.54, 1.807) is 0 Å². The van der Waals surface area contributed by atoms with Crippen LogP contribution in [0.5, 0.6) is 0 Å². The lowest BCUT2D eigenvalue weighted by atomic mass is 10.1. The highest BCUT2D eigenvalue weighted by Crippen LogP contribution is 2.31. The summed E-state index contributed by atoms with van der Waals surface area (Å²) in [5.74, 6) is -0.283. The number of carbonyl (C=O) groups excluding carboxylic acids is 1. The number of benzene rings is 1. The van der Waals surface area contributed by atoms with Crippen LogP contribution in [-0.2, 0) is 4.79 Å². The van der Waals surface area contributed by atoms with Gasteiger partial charge in [0.25, 0.3) is 0 Å². The number of carbonyl (C=O) groups is 1. The molecule has 2 rings (SSSR count). The third kappa shape index (κ3) is 3.07. The van der Waals surface area contributed by atoms with E-state index in [9.17, 15) is 4.79 Å². The van der Waals surface area contributed by atoms with E-state index in [4.69, 9.17) is 11.5 Å². The first-order valence-corrected chi connectivity index (χ1v) is 7.26. The zero-order valence-corrected chi connectivity index (χ0v) is 12.4. The number of amides is 1. The number of hydrogen-bond donors (Lipinski definition) is 2. The van der Waals surface area contributed by atoms with Gasteiger partial charge in [0, 0.05) is 15.3 Å². The predicted octanol–water partition coefficient (Wildman–Crippen LogP) is 2.11. The summed E-state index contributed by atoms with van der Waals surface area (Å²) in [5, 5.41) is 0. The van der Waals surface area contributed by atoms with Gasteiger partial charge in [-0.2, -0.15) is 0 Å². The molecule has 4 nitrogen and oxygen atoms in total. The van der Waals surface area contributed by atoms with Gasteiger partial charge in [0.15, 0.2) is 0 Å². The summed E-state index contributed by atoms with van der Waals surface area (Å²) in [6.07, 6.45) is 4.72. The fourth-order valence-electron chi connectivity index (χ4n) is 2.55. The lowest BCUT2D eigenvalue weighted by Crippen LogP contribution is -2.40. The summed E-state index contributed by atoms with van der Waals surface area (Å²) in [4.78, 5) is 13.4. The average Bonchev–Trinajstić information content (AvgIpc) is 2.79. The van der Waals surface area contributed by atoms with Crippen molar-refractivity contribution in [2.24, 2.45) is 5.73 Å². The van der Waals surface area contributed by atoms with Crippen molar-refractivity contribution >= 4 is 39.9 Å². The van der Waals surface area contributed by atoms with Gasteiger partial charge in [0.1, 0.15) is 0 Å². The fraction of sp³-hybridized carbons (Fsp3) is 0.462. The normalized spacial score (nSPS) is 15.8. The summed E-state index contributed by atoms with van der Waals surface area (Å²) >= 11 is 2.26. The lowest BCUT2D eigenvalue weighted by Gasteiger charge is -2.31. The van der Waals surface area contributed by atoms with Crippen LogP contribution in [0.4, 0.5) is 11.4 Å². The van der Waals surface area contributed by atoms with Crippen LogP contribution in [0, 0.1) is 3.57 Å². The number of rotatable bonds is 4. The van der Waals surface area contributed by atoms with Gasteiger partial charge in [-0.15, -0.1) is 0 Å². The number of primary amides is 1. The second kappa shape index (κ2) is 5.77. The van der Waals surface area contributed by atoms with E-state index in [1.165, 1.54) is 12.8 Å². The average molecular weight is 359 g/mol. The molecule has 0 saturated heterocycles. The maximum Gasteiger partial charge on any atom is 0.236 e. The zero-order valence-electron chi connectivity index (χ0n) is 10.2. The molecule has 1 amide bonds. The summed E-state index contributed by atoms with van der Waals surface area (Å²) in [6.45, 7) is 0.282. The Morgan fingerprint density at radius 1 is 1.39 bits per heavy atom. The Labute approximate surface area is 121 Å². The van der Waals surface area contributed by atoms with E-state index < -0.39 is 0 Å². The molecule has 1 fully saturated rings. The molecule has 18 heavy (non-hydrogen) atoms. The Morgan fingerprint density at radius 3 is 2.61 bits per heavy atom. The van der Waals surface area contributed by atoms with Gasteiger partial charge >= 0.3 is 0 Å². The van der Waals surface area contributed by atoms with Crippen molar-refractivity contribution in [2.45, 2.75) is 31.7 Å². The van der Waals surface area contributed by atoms with Crippen LogP contribution in [0.15, 0.2) is 18.2 Å². The molecule has 0 aliphatic heterocycles. The van der Waals surface area contributed by atoms with Crippen LogP contribution < -0.4 is 16.4 Å². The highest BCUT2D eigenvalue weighted by Gasteiger charge is 2.25. The van der Waals surface area contributed by atoms with E-state index in [0.717, 1.165) is 27.8 Å². The molecule has 0 heterocycles. The van der Waals surface area contributed by atoms with Crippen molar-refractivity contribution in [2.75, 3.05) is 17.2 Å². The number of halogens is 1. The molecule has 0 bridgehead atoms. The van der Waals surface area contributed by atoms with Crippen molar-refractivity contribution in [1.82, 2.24) is 0 Å². The highest BCUT2D eigenvalue weighted by molar-refractivity contribution is 14.1. The van der Waals surface area contributed by atoms with Crippen LogP contribution in [0.1, 0.15) is 25.7 Å². The van der Waals surface area contributed by atoms with Crippen LogP contribution in [0.3, 0.4) is 0 Å². The Kier molecular flexibility index (Phi) is 4.31. The van der Waals surface area contributed by atoms with Crippen molar-refractivity contribution in [3.63, 3.8) is 0 Å². The molecular formula is C13H18IN3O. The molecule has 0 aromatic heterocycles. The van der Waals surface area contributed by atoms with Crippen molar-refractivity contribution in [3.05, 3.63) is 21.8 Å². The van der Waals surface area contributed by atoms with Gasteiger partial charge in [-0.1, -0.05) is 12.8 Å². The molecule has 4 N–H and O–H groups in total. The molecule has 0 radical (unpaired) electrons. The van der Waals surface area contributed by atoms with E-state index in [2.05, 4.69) is 27.5 Å². The number of hydrogen-bond acceptors (Lipinski definition) is 3. The second-order valence-electron chi connectivity index (χ2n) is 4.74. The molecule has 1 aliphatic rings. The van der Waals surface area contributed by atoms with Crippen molar-refractivity contribution in [3.8, 4) is 0 Å². The topological polar surface area (TPSA) is 72.4 Å². The molecule has 1 saturated carbocycles. The minimum absolute atomic E-state index is 0.282. The van der Waals surface area contributed by atoms with Gasteiger partial charge in [0.05, 0.1) is 12.2 Å². The molecule has 1 aromatic rings. The van der Waals surface area contributed by atoms with Crippen LogP contribution in [0.25, 0.3) is 0 Å².